The molecule has 1 aliphatic heterocycles. The van der Waals surface area contributed by atoms with Gasteiger partial charge in [0.1, 0.15) is 5.75 Å². The fourth-order valence-electron chi connectivity index (χ4n) is 2.90. The number of ether oxygens (including phenoxy) is 1. The SMILES string of the molecule is COc1ccc(/C=C/C(=O)c2cc(Br)cs2)cc1CN1CCCC1. The molecule has 1 aliphatic rings. The van der Waals surface area contributed by atoms with Gasteiger partial charge in [0, 0.05) is 22.0 Å². The minimum atomic E-state index is 0.0302. The Morgan fingerprint density at radius 3 is 2.79 bits per heavy atom. The molecule has 1 fully saturated rings. The van der Waals surface area contributed by atoms with Crippen molar-refractivity contribution in [1.82, 2.24) is 4.90 Å². The molecule has 5 heteroatoms. The Hall–Kier alpha value is -1.43. The lowest BCUT2D eigenvalue weighted by Crippen LogP contribution is -2.18. The van der Waals surface area contributed by atoms with Crippen LogP contribution in [0.3, 0.4) is 0 Å². The standard InChI is InChI=1S/C19H20BrNO2S/c1-23-18-7-5-14(10-15(18)12-21-8-2-3-9-21)4-6-17(22)19-11-16(20)13-24-19/h4-7,10-11,13H,2-3,8-9,12H2,1H3/b6-4+. The Morgan fingerprint density at radius 2 is 2.12 bits per heavy atom. The predicted molar refractivity (Wildman–Crippen MR) is 103 cm³/mol. The van der Waals surface area contributed by atoms with Crippen molar-refractivity contribution in [2.24, 2.45) is 0 Å². The fraction of sp³-hybridized carbons (Fsp3) is 0.316. The van der Waals surface area contributed by atoms with Crippen molar-refractivity contribution in [3.63, 3.8) is 0 Å². The molecule has 0 bridgehead atoms. The molecule has 3 rings (SSSR count). The van der Waals surface area contributed by atoms with Crippen molar-refractivity contribution in [3.05, 3.63) is 56.2 Å². The maximum absolute atomic E-state index is 12.2. The van der Waals surface area contributed by atoms with Crippen LogP contribution < -0.4 is 4.74 Å². The summed E-state index contributed by atoms with van der Waals surface area (Å²) in [5, 5.41) is 1.92. The average Bonchev–Trinajstić information content (AvgIpc) is 3.24. The largest absolute Gasteiger partial charge is 0.496 e. The number of carbonyl (C=O) groups is 1. The van der Waals surface area contributed by atoms with Crippen LogP contribution in [-0.2, 0) is 6.54 Å². The van der Waals surface area contributed by atoms with Gasteiger partial charge in [-0.25, -0.2) is 0 Å². The first-order valence-electron chi connectivity index (χ1n) is 8.01. The summed E-state index contributed by atoms with van der Waals surface area (Å²) in [5.74, 6) is 0.940. The highest BCUT2D eigenvalue weighted by molar-refractivity contribution is 9.10. The molecular formula is C19H20BrNO2S. The van der Waals surface area contributed by atoms with Crippen LogP contribution in [0, 0.1) is 0 Å². The zero-order valence-corrected chi connectivity index (χ0v) is 16.0. The molecule has 0 saturated carbocycles. The lowest BCUT2D eigenvalue weighted by Gasteiger charge is -2.17. The van der Waals surface area contributed by atoms with E-state index in [0.717, 1.165) is 40.3 Å². The van der Waals surface area contributed by atoms with Gasteiger partial charge in [0.05, 0.1) is 12.0 Å². The number of ketones is 1. The highest BCUT2D eigenvalue weighted by atomic mass is 79.9. The summed E-state index contributed by atoms with van der Waals surface area (Å²) in [6, 6.07) is 7.94. The Labute approximate surface area is 155 Å². The maximum Gasteiger partial charge on any atom is 0.195 e. The molecule has 1 saturated heterocycles. The monoisotopic (exact) mass is 405 g/mol. The number of halogens is 1. The van der Waals surface area contributed by atoms with E-state index in [9.17, 15) is 4.79 Å². The van der Waals surface area contributed by atoms with Crippen molar-refractivity contribution in [2.75, 3.05) is 20.2 Å². The molecule has 2 aromatic rings. The van der Waals surface area contributed by atoms with E-state index in [1.807, 2.05) is 29.7 Å². The number of likely N-dealkylation sites (tertiary alicyclic amines) is 1. The van der Waals surface area contributed by atoms with Crippen LogP contribution in [0.4, 0.5) is 0 Å². The smallest absolute Gasteiger partial charge is 0.195 e. The summed E-state index contributed by atoms with van der Waals surface area (Å²) in [7, 11) is 1.70. The Balaban J connectivity index is 1.75. The summed E-state index contributed by atoms with van der Waals surface area (Å²) >= 11 is 4.83. The number of methoxy groups -OCH3 is 1. The highest BCUT2D eigenvalue weighted by Gasteiger charge is 2.14. The molecule has 1 aromatic carbocycles. The molecule has 0 spiro atoms. The molecule has 24 heavy (non-hydrogen) atoms. The molecule has 0 unspecified atom stereocenters. The van der Waals surface area contributed by atoms with Gasteiger partial charge < -0.3 is 4.74 Å². The molecule has 0 atom stereocenters. The third-order valence-corrected chi connectivity index (χ3v) is 5.84. The van der Waals surface area contributed by atoms with Crippen LogP contribution in [0.1, 0.15) is 33.6 Å². The van der Waals surface area contributed by atoms with Gasteiger partial charge >= 0.3 is 0 Å². The van der Waals surface area contributed by atoms with E-state index in [1.54, 1.807) is 13.2 Å². The van der Waals surface area contributed by atoms with E-state index in [1.165, 1.54) is 29.7 Å². The fourth-order valence-corrected chi connectivity index (χ4v) is 4.25. The number of hydrogen-bond donors (Lipinski definition) is 0. The van der Waals surface area contributed by atoms with Crippen molar-refractivity contribution >= 4 is 39.1 Å². The van der Waals surface area contributed by atoms with Gasteiger partial charge in [0.15, 0.2) is 5.78 Å². The number of thiophene rings is 1. The third-order valence-electron chi connectivity index (χ3n) is 4.13. The molecule has 0 aliphatic carbocycles. The maximum atomic E-state index is 12.2. The van der Waals surface area contributed by atoms with Gasteiger partial charge in [-0.3, -0.25) is 9.69 Å². The zero-order chi connectivity index (χ0) is 16.9. The number of benzene rings is 1. The normalized spacial score (nSPS) is 15.2. The lowest BCUT2D eigenvalue weighted by atomic mass is 10.1. The topological polar surface area (TPSA) is 29.5 Å². The Bertz CT molecular complexity index is 748. The molecular weight excluding hydrogens is 386 g/mol. The second-order valence-electron chi connectivity index (χ2n) is 5.88. The predicted octanol–water partition coefficient (Wildman–Crippen LogP) is 5.01. The van der Waals surface area contributed by atoms with Crippen LogP contribution in [0.15, 0.2) is 40.2 Å². The van der Waals surface area contributed by atoms with Crippen LogP contribution in [0.25, 0.3) is 6.08 Å². The van der Waals surface area contributed by atoms with E-state index >= 15 is 0 Å². The van der Waals surface area contributed by atoms with Gasteiger partial charge in [0.2, 0.25) is 0 Å². The van der Waals surface area contributed by atoms with Crippen molar-refractivity contribution in [3.8, 4) is 5.75 Å². The first kappa shape index (κ1) is 17.4. The Kier molecular flexibility index (Phi) is 5.87. The van der Waals surface area contributed by atoms with Crippen molar-refractivity contribution in [2.45, 2.75) is 19.4 Å². The van der Waals surface area contributed by atoms with E-state index in [4.69, 9.17) is 4.74 Å². The molecule has 0 N–H and O–H groups in total. The van der Waals surface area contributed by atoms with Crippen molar-refractivity contribution < 1.29 is 9.53 Å². The second-order valence-corrected chi connectivity index (χ2v) is 7.71. The summed E-state index contributed by atoms with van der Waals surface area (Å²) in [4.78, 5) is 15.4. The molecule has 126 valence electrons. The zero-order valence-electron chi connectivity index (χ0n) is 13.6. The first-order valence-corrected chi connectivity index (χ1v) is 9.68. The van der Waals surface area contributed by atoms with Crippen LogP contribution in [-0.4, -0.2) is 30.9 Å². The van der Waals surface area contributed by atoms with Crippen LogP contribution >= 0.6 is 27.3 Å². The van der Waals surface area contributed by atoms with Gasteiger partial charge in [-0.15, -0.1) is 11.3 Å². The number of nitrogens with zero attached hydrogens (tertiary/aromatic N) is 1. The van der Waals surface area contributed by atoms with Gasteiger partial charge in [-0.05, 0) is 71.7 Å². The first-order chi connectivity index (χ1) is 11.7. The molecule has 0 radical (unpaired) electrons. The van der Waals surface area contributed by atoms with Crippen LogP contribution in [0.2, 0.25) is 0 Å². The number of hydrogen-bond acceptors (Lipinski definition) is 4. The highest BCUT2D eigenvalue weighted by Crippen LogP contribution is 2.25. The number of rotatable bonds is 6. The minimum Gasteiger partial charge on any atom is -0.496 e. The average molecular weight is 406 g/mol. The summed E-state index contributed by atoms with van der Waals surface area (Å²) in [5.41, 5.74) is 2.20. The lowest BCUT2D eigenvalue weighted by molar-refractivity contribution is 0.105. The van der Waals surface area contributed by atoms with Gasteiger partial charge in [-0.1, -0.05) is 12.1 Å². The third kappa shape index (κ3) is 4.35. The molecule has 3 nitrogen and oxygen atoms in total. The van der Waals surface area contributed by atoms with E-state index in [0.29, 0.717) is 0 Å². The van der Waals surface area contributed by atoms with Gasteiger partial charge in [-0.2, -0.15) is 0 Å². The number of carbonyl (C=O) groups excluding carboxylic acids is 1. The van der Waals surface area contributed by atoms with E-state index < -0.39 is 0 Å². The van der Waals surface area contributed by atoms with Crippen molar-refractivity contribution in [1.29, 1.82) is 0 Å². The number of allylic oxidation sites excluding steroid dienone is 1. The molecule has 0 amide bonds. The second kappa shape index (κ2) is 8.10. The minimum absolute atomic E-state index is 0.0302. The molecule has 1 aromatic heterocycles. The summed E-state index contributed by atoms with van der Waals surface area (Å²) in [6.07, 6.45) is 6.06. The summed E-state index contributed by atoms with van der Waals surface area (Å²) < 4.78 is 6.43. The van der Waals surface area contributed by atoms with Gasteiger partial charge in [0.25, 0.3) is 0 Å². The van der Waals surface area contributed by atoms with Crippen LogP contribution in [0.5, 0.6) is 5.75 Å². The summed E-state index contributed by atoms with van der Waals surface area (Å²) in [6.45, 7) is 3.20. The van der Waals surface area contributed by atoms with E-state index in [-0.39, 0.29) is 5.78 Å². The molecule has 2 heterocycles. The quantitative estimate of drug-likeness (QED) is 0.499. The Morgan fingerprint density at radius 1 is 1.33 bits per heavy atom. The van der Waals surface area contributed by atoms with E-state index in [2.05, 4.69) is 26.9 Å².